The van der Waals surface area contributed by atoms with Crippen LogP contribution in [-0.2, 0) is 10.2 Å². The third-order valence-electron chi connectivity index (χ3n) is 3.39. The average Bonchev–Trinajstić information content (AvgIpc) is 2.42. The maximum atomic E-state index is 13.2. The van der Waals surface area contributed by atoms with Crippen LogP contribution in [0, 0.1) is 11.6 Å². The minimum absolute atomic E-state index is 0.545. The second-order valence-corrected chi connectivity index (χ2v) is 5.14. The maximum Gasteiger partial charge on any atom is 0.313 e. The number of carboxylic acids is 1. The van der Waals surface area contributed by atoms with Crippen molar-refractivity contribution in [3.05, 3.63) is 59.7 Å². The summed E-state index contributed by atoms with van der Waals surface area (Å²) in [5, 5.41) is 9.16. The zero-order valence-corrected chi connectivity index (χ0v) is 11.2. The van der Waals surface area contributed by atoms with Crippen molar-refractivity contribution in [2.75, 3.05) is 0 Å². The van der Waals surface area contributed by atoms with Gasteiger partial charge in [0.1, 0.15) is 0 Å². The molecule has 1 N–H and O–H groups in total. The summed E-state index contributed by atoms with van der Waals surface area (Å²) >= 11 is 0. The van der Waals surface area contributed by atoms with Crippen molar-refractivity contribution in [3.8, 4) is 11.1 Å². The number of aliphatic carboxylic acids is 1. The summed E-state index contributed by atoms with van der Waals surface area (Å²) in [4.78, 5) is 11.2. The number of hydrogen-bond donors (Lipinski definition) is 1. The number of carbonyl (C=O) groups is 1. The SMILES string of the molecule is CC(C)(C(=O)O)c1ccc(-c2ccc(F)c(F)c2)cc1. The zero-order chi connectivity index (χ0) is 14.9. The van der Waals surface area contributed by atoms with E-state index in [0.717, 1.165) is 12.1 Å². The van der Waals surface area contributed by atoms with Crippen molar-refractivity contribution in [1.29, 1.82) is 0 Å². The molecule has 0 bridgehead atoms. The summed E-state index contributed by atoms with van der Waals surface area (Å²) in [6, 6.07) is 10.4. The highest BCUT2D eigenvalue weighted by atomic mass is 19.2. The average molecular weight is 276 g/mol. The highest BCUT2D eigenvalue weighted by molar-refractivity contribution is 5.80. The van der Waals surface area contributed by atoms with Gasteiger partial charge < -0.3 is 5.11 Å². The lowest BCUT2D eigenvalue weighted by Gasteiger charge is -2.19. The van der Waals surface area contributed by atoms with Crippen LogP contribution in [0.25, 0.3) is 11.1 Å². The molecule has 0 aromatic heterocycles. The number of rotatable bonds is 3. The van der Waals surface area contributed by atoms with Crippen LogP contribution in [0.15, 0.2) is 42.5 Å². The standard InChI is InChI=1S/C16H14F2O2/c1-16(2,15(19)20)12-6-3-10(4-7-12)11-5-8-13(17)14(18)9-11/h3-9H,1-2H3,(H,19,20). The van der Waals surface area contributed by atoms with Crippen molar-refractivity contribution in [1.82, 2.24) is 0 Å². The molecule has 0 spiro atoms. The fourth-order valence-electron chi connectivity index (χ4n) is 1.88. The van der Waals surface area contributed by atoms with Gasteiger partial charge in [0.05, 0.1) is 5.41 Å². The molecule has 2 nitrogen and oxygen atoms in total. The summed E-state index contributed by atoms with van der Waals surface area (Å²) in [7, 11) is 0. The molecule has 0 aliphatic heterocycles. The molecule has 2 rings (SSSR count). The number of halogens is 2. The Balaban J connectivity index is 2.37. The first kappa shape index (κ1) is 14.2. The van der Waals surface area contributed by atoms with E-state index in [4.69, 9.17) is 5.11 Å². The minimum atomic E-state index is -0.993. The van der Waals surface area contributed by atoms with E-state index in [9.17, 15) is 13.6 Å². The van der Waals surface area contributed by atoms with Gasteiger partial charge in [-0.3, -0.25) is 4.79 Å². The predicted molar refractivity (Wildman–Crippen MR) is 72.5 cm³/mol. The van der Waals surface area contributed by atoms with Gasteiger partial charge in [-0.15, -0.1) is 0 Å². The van der Waals surface area contributed by atoms with Gasteiger partial charge in [0.25, 0.3) is 0 Å². The van der Waals surface area contributed by atoms with Crippen LogP contribution in [0.1, 0.15) is 19.4 Å². The molecule has 0 atom stereocenters. The van der Waals surface area contributed by atoms with Crippen LogP contribution < -0.4 is 0 Å². The molecule has 20 heavy (non-hydrogen) atoms. The van der Waals surface area contributed by atoms with Gasteiger partial charge >= 0.3 is 5.97 Å². The Labute approximate surface area is 115 Å². The Hall–Kier alpha value is -2.23. The molecule has 0 saturated carbocycles. The molecule has 0 radical (unpaired) electrons. The molecule has 0 heterocycles. The van der Waals surface area contributed by atoms with Crippen LogP contribution in [0.2, 0.25) is 0 Å². The fourth-order valence-corrected chi connectivity index (χ4v) is 1.88. The van der Waals surface area contributed by atoms with E-state index < -0.39 is 23.0 Å². The Morgan fingerprint density at radius 1 is 0.950 bits per heavy atom. The van der Waals surface area contributed by atoms with Gasteiger partial charge in [-0.05, 0) is 42.7 Å². The van der Waals surface area contributed by atoms with Crippen LogP contribution in [0.4, 0.5) is 8.78 Å². The first-order chi connectivity index (χ1) is 9.32. The highest BCUT2D eigenvalue weighted by Crippen LogP contribution is 2.27. The normalized spacial score (nSPS) is 11.4. The summed E-state index contributed by atoms with van der Waals surface area (Å²) in [5.41, 5.74) is 0.904. The lowest BCUT2D eigenvalue weighted by atomic mass is 9.84. The zero-order valence-electron chi connectivity index (χ0n) is 11.2. The lowest BCUT2D eigenvalue weighted by molar-refractivity contribution is -0.142. The van der Waals surface area contributed by atoms with Crippen LogP contribution in [0.3, 0.4) is 0 Å². The minimum Gasteiger partial charge on any atom is -0.481 e. The van der Waals surface area contributed by atoms with Crippen LogP contribution in [-0.4, -0.2) is 11.1 Å². The molecular formula is C16H14F2O2. The number of carboxylic acid groups (broad SMARTS) is 1. The second-order valence-electron chi connectivity index (χ2n) is 5.14. The van der Waals surface area contributed by atoms with Gasteiger partial charge in [-0.25, -0.2) is 8.78 Å². The Bertz CT molecular complexity index is 646. The smallest absolute Gasteiger partial charge is 0.313 e. The third-order valence-corrected chi connectivity index (χ3v) is 3.39. The largest absolute Gasteiger partial charge is 0.481 e. The molecular weight excluding hydrogens is 262 g/mol. The molecule has 0 aliphatic carbocycles. The molecule has 0 unspecified atom stereocenters. The van der Waals surface area contributed by atoms with E-state index in [1.807, 2.05) is 0 Å². The summed E-state index contributed by atoms with van der Waals surface area (Å²) in [6.45, 7) is 3.23. The Morgan fingerprint density at radius 2 is 1.50 bits per heavy atom. The molecule has 0 saturated heterocycles. The van der Waals surface area contributed by atoms with E-state index in [1.54, 1.807) is 38.1 Å². The van der Waals surface area contributed by atoms with Gasteiger partial charge in [0.15, 0.2) is 11.6 Å². The van der Waals surface area contributed by atoms with Crippen molar-refractivity contribution >= 4 is 5.97 Å². The molecule has 4 heteroatoms. The van der Waals surface area contributed by atoms with E-state index in [-0.39, 0.29) is 0 Å². The lowest BCUT2D eigenvalue weighted by Crippen LogP contribution is -2.28. The molecule has 0 amide bonds. The van der Waals surface area contributed by atoms with Crippen molar-refractivity contribution in [2.45, 2.75) is 19.3 Å². The quantitative estimate of drug-likeness (QED) is 0.920. The van der Waals surface area contributed by atoms with Gasteiger partial charge in [-0.1, -0.05) is 30.3 Å². The van der Waals surface area contributed by atoms with Gasteiger partial charge in [0, 0.05) is 0 Å². The third kappa shape index (κ3) is 2.54. The molecule has 0 aliphatic rings. The first-order valence-electron chi connectivity index (χ1n) is 6.12. The van der Waals surface area contributed by atoms with E-state index >= 15 is 0 Å². The fraction of sp³-hybridized carbons (Fsp3) is 0.188. The topological polar surface area (TPSA) is 37.3 Å². The van der Waals surface area contributed by atoms with Crippen LogP contribution >= 0.6 is 0 Å². The molecule has 2 aromatic carbocycles. The van der Waals surface area contributed by atoms with Crippen molar-refractivity contribution in [3.63, 3.8) is 0 Å². The maximum absolute atomic E-state index is 13.2. The van der Waals surface area contributed by atoms with E-state index in [1.165, 1.54) is 6.07 Å². The Morgan fingerprint density at radius 3 is 2.00 bits per heavy atom. The monoisotopic (exact) mass is 276 g/mol. The first-order valence-corrected chi connectivity index (χ1v) is 6.12. The Kier molecular flexibility index (Phi) is 3.57. The van der Waals surface area contributed by atoms with Crippen molar-refractivity contribution in [2.24, 2.45) is 0 Å². The number of hydrogen-bond acceptors (Lipinski definition) is 1. The number of benzene rings is 2. The van der Waals surface area contributed by atoms with E-state index in [0.29, 0.717) is 16.7 Å². The van der Waals surface area contributed by atoms with Crippen LogP contribution in [0.5, 0.6) is 0 Å². The summed E-state index contributed by atoms with van der Waals surface area (Å²) in [5.74, 6) is -2.71. The predicted octanol–water partition coefficient (Wildman–Crippen LogP) is 3.99. The molecule has 104 valence electrons. The van der Waals surface area contributed by atoms with E-state index in [2.05, 4.69) is 0 Å². The van der Waals surface area contributed by atoms with Gasteiger partial charge in [-0.2, -0.15) is 0 Å². The summed E-state index contributed by atoms with van der Waals surface area (Å²) in [6.07, 6.45) is 0. The van der Waals surface area contributed by atoms with Gasteiger partial charge in [0.2, 0.25) is 0 Å². The van der Waals surface area contributed by atoms with Crippen molar-refractivity contribution < 1.29 is 18.7 Å². The highest BCUT2D eigenvalue weighted by Gasteiger charge is 2.29. The molecule has 2 aromatic rings. The second kappa shape index (κ2) is 5.04. The summed E-state index contributed by atoms with van der Waals surface area (Å²) < 4.78 is 26.1. The molecule has 0 fully saturated rings.